The van der Waals surface area contributed by atoms with Gasteiger partial charge in [0.2, 0.25) is 5.82 Å². The van der Waals surface area contributed by atoms with E-state index in [0.717, 1.165) is 48.3 Å². The zero-order chi connectivity index (χ0) is 24.4. The minimum Gasteiger partial charge on any atom is -0.376 e. The number of allylic oxidation sites excluding steroid dienone is 1. The third kappa shape index (κ3) is 4.86. The van der Waals surface area contributed by atoms with Crippen molar-refractivity contribution in [2.45, 2.75) is 50.2 Å². The molecule has 3 aromatic rings. The largest absolute Gasteiger partial charge is 0.376 e. The predicted molar refractivity (Wildman–Crippen MR) is 137 cm³/mol. The molecule has 5 rings (SSSR count). The van der Waals surface area contributed by atoms with Gasteiger partial charge in [-0.05, 0) is 67.8 Å². The number of benzene rings is 2. The number of aromatic nitrogens is 2. The summed E-state index contributed by atoms with van der Waals surface area (Å²) in [5.74, 6) is 0.934. The fraction of sp³-hybridized carbons (Fsp3) is 0.370. The van der Waals surface area contributed by atoms with Crippen LogP contribution in [0.25, 0.3) is 17.0 Å². The van der Waals surface area contributed by atoms with Gasteiger partial charge in [-0.15, -0.1) is 11.8 Å². The third-order valence-electron chi connectivity index (χ3n) is 6.73. The molecule has 2 amide bonds. The summed E-state index contributed by atoms with van der Waals surface area (Å²) < 4.78 is 11.6. The van der Waals surface area contributed by atoms with E-state index in [2.05, 4.69) is 41.7 Å². The van der Waals surface area contributed by atoms with Gasteiger partial charge in [-0.25, -0.2) is 4.79 Å². The van der Waals surface area contributed by atoms with E-state index in [4.69, 9.17) is 14.2 Å². The summed E-state index contributed by atoms with van der Waals surface area (Å²) in [7, 11) is 0. The molecule has 2 unspecified atom stereocenters. The molecule has 1 aromatic heterocycles. The number of hydrogen-bond acceptors (Lipinski definition) is 6. The number of amides is 2. The molecule has 0 aliphatic carbocycles. The van der Waals surface area contributed by atoms with E-state index in [-0.39, 0.29) is 18.2 Å². The number of carbonyl (C=O) groups is 1. The highest BCUT2D eigenvalue weighted by molar-refractivity contribution is 7.98. The number of carbonyl (C=O) groups excluding carboxylic acids is 1. The van der Waals surface area contributed by atoms with Crippen LogP contribution in [0.2, 0.25) is 0 Å². The van der Waals surface area contributed by atoms with Crippen LogP contribution >= 0.6 is 11.8 Å². The molecule has 3 heterocycles. The molecule has 0 bridgehead atoms. The maximum atomic E-state index is 13.2. The van der Waals surface area contributed by atoms with Gasteiger partial charge in [0.05, 0.1) is 24.3 Å². The van der Waals surface area contributed by atoms with Crippen molar-refractivity contribution >= 4 is 23.4 Å². The van der Waals surface area contributed by atoms with Crippen molar-refractivity contribution in [1.82, 2.24) is 20.4 Å². The Kier molecular flexibility index (Phi) is 6.92. The monoisotopic (exact) mass is 490 g/mol. The number of rotatable bonds is 7. The Morgan fingerprint density at radius 2 is 1.91 bits per heavy atom. The smallest absolute Gasteiger partial charge is 0.322 e. The van der Waals surface area contributed by atoms with Gasteiger partial charge in [0.1, 0.15) is 0 Å². The molecular formula is C27H30N4O3S. The Bertz CT molecular complexity index is 1210. The zero-order valence-corrected chi connectivity index (χ0v) is 21.1. The van der Waals surface area contributed by atoms with Gasteiger partial charge in [-0.1, -0.05) is 36.3 Å². The maximum Gasteiger partial charge on any atom is 0.322 e. The van der Waals surface area contributed by atoms with Crippen molar-refractivity contribution < 1.29 is 14.1 Å². The highest BCUT2D eigenvalue weighted by Crippen LogP contribution is 2.38. The molecule has 2 atom stereocenters. The maximum absolute atomic E-state index is 13.2. The van der Waals surface area contributed by atoms with Crippen molar-refractivity contribution in [2.75, 3.05) is 19.4 Å². The van der Waals surface area contributed by atoms with E-state index in [1.165, 1.54) is 10.5 Å². The number of nitrogens with zero attached hydrogens (tertiary/aromatic N) is 3. The minimum absolute atomic E-state index is 0.0329. The van der Waals surface area contributed by atoms with Crippen LogP contribution in [0.3, 0.4) is 0 Å². The lowest BCUT2D eigenvalue weighted by Crippen LogP contribution is -2.48. The Labute approximate surface area is 209 Å². The Morgan fingerprint density at radius 1 is 1.14 bits per heavy atom. The summed E-state index contributed by atoms with van der Waals surface area (Å²) in [4.78, 5) is 20.9. The van der Waals surface area contributed by atoms with Gasteiger partial charge in [0, 0.05) is 22.8 Å². The number of thioether (sulfide) groups is 1. The highest BCUT2D eigenvalue weighted by atomic mass is 32.2. The van der Waals surface area contributed by atoms with Crippen LogP contribution in [0.15, 0.2) is 63.6 Å². The summed E-state index contributed by atoms with van der Waals surface area (Å²) in [6, 6.07) is 15.9. The lowest BCUT2D eigenvalue weighted by Gasteiger charge is -2.36. The Hall–Kier alpha value is -3.10. The van der Waals surface area contributed by atoms with E-state index in [1.54, 1.807) is 16.7 Å². The van der Waals surface area contributed by atoms with E-state index >= 15 is 0 Å². The molecule has 2 aromatic carbocycles. The van der Waals surface area contributed by atoms with Gasteiger partial charge in [-0.2, -0.15) is 4.98 Å². The van der Waals surface area contributed by atoms with Crippen molar-refractivity contribution in [3.8, 4) is 11.4 Å². The SMILES string of the molecule is CCc1ccc(C2NC(=O)N(CC3CCCO3)C(C)=C2c2nc(-c3ccc(SC)cc3)no2)cc1. The number of nitrogens with one attached hydrogen (secondary N) is 1. The van der Waals surface area contributed by atoms with Crippen molar-refractivity contribution in [1.29, 1.82) is 0 Å². The molecule has 1 fully saturated rings. The first kappa shape index (κ1) is 23.6. The number of ether oxygens (including phenoxy) is 1. The summed E-state index contributed by atoms with van der Waals surface area (Å²) in [5, 5.41) is 7.45. The molecule has 0 radical (unpaired) electrons. The molecule has 182 valence electrons. The van der Waals surface area contributed by atoms with Crippen LogP contribution in [0, 0.1) is 0 Å². The second-order valence-electron chi connectivity index (χ2n) is 8.87. The highest BCUT2D eigenvalue weighted by Gasteiger charge is 2.37. The molecule has 0 saturated carbocycles. The molecule has 1 N–H and O–H groups in total. The van der Waals surface area contributed by atoms with Crippen LogP contribution in [0.1, 0.15) is 49.7 Å². The molecule has 35 heavy (non-hydrogen) atoms. The summed E-state index contributed by atoms with van der Waals surface area (Å²) >= 11 is 1.69. The molecule has 8 heteroatoms. The minimum atomic E-state index is -0.388. The molecule has 2 aliphatic rings. The summed E-state index contributed by atoms with van der Waals surface area (Å²) in [6.45, 7) is 5.32. The van der Waals surface area contributed by atoms with Crippen molar-refractivity contribution in [3.05, 3.63) is 71.2 Å². The van der Waals surface area contributed by atoms with Crippen LogP contribution < -0.4 is 5.32 Å². The molecule has 7 nitrogen and oxygen atoms in total. The first-order chi connectivity index (χ1) is 17.1. The second kappa shape index (κ2) is 10.3. The zero-order valence-electron chi connectivity index (χ0n) is 20.3. The van der Waals surface area contributed by atoms with Gasteiger partial charge < -0.3 is 14.6 Å². The van der Waals surface area contributed by atoms with Crippen LogP contribution in [0.5, 0.6) is 0 Å². The average molecular weight is 491 g/mol. The van der Waals surface area contributed by atoms with Crippen LogP contribution in [-0.4, -0.2) is 46.6 Å². The van der Waals surface area contributed by atoms with Crippen LogP contribution in [0.4, 0.5) is 4.79 Å². The quantitative estimate of drug-likeness (QED) is 0.428. The molecule has 1 saturated heterocycles. The topological polar surface area (TPSA) is 80.5 Å². The summed E-state index contributed by atoms with van der Waals surface area (Å²) in [5.41, 5.74) is 4.72. The van der Waals surface area contributed by atoms with E-state index in [9.17, 15) is 4.79 Å². The fourth-order valence-corrected chi connectivity index (χ4v) is 5.06. The lowest BCUT2D eigenvalue weighted by molar-refractivity contribution is 0.0877. The van der Waals surface area contributed by atoms with Gasteiger partial charge in [0.15, 0.2) is 0 Å². The number of aryl methyl sites for hydroxylation is 1. The number of hydrogen-bond donors (Lipinski definition) is 1. The Balaban J connectivity index is 1.54. The van der Waals surface area contributed by atoms with Gasteiger partial charge in [0.25, 0.3) is 5.89 Å². The summed E-state index contributed by atoms with van der Waals surface area (Å²) in [6.07, 6.45) is 5.00. The van der Waals surface area contributed by atoms with Gasteiger partial charge >= 0.3 is 6.03 Å². The fourth-order valence-electron chi connectivity index (χ4n) is 4.66. The Morgan fingerprint density at radius 3 is 2.57 bits per heavy atom. The number of urea groups is 1. The van der Waals surface area contributed by atoms with E-state index < -0.39 is 0 Å². The lowest BCUT2D eigenvalue weighted by atomic mass is 9.93. The van der Waals surface area contributed by atoms with E-state index in [1.807, 2.05) is 37.4 Å². The first-order valence-electron chi connectivity index (χ1n) is 12.0. The van der Waals surface area contributed by atoms with E-state index in [0.29, 0.717) is 18.3 Å². The predicted octanol–water partition coefficient (Wildman–Crippen LogP) is 5.70. The molecule has 2 aliphatic heterocycles. The van der Waals surface area contributed by atoms with Crippen molar-refractivity contribution in [2.24, 2.45) is 0 Å². The third-order valence-corrected chi connectivity index (χ3v) is 7.48. The first-order valence-corrected chi connectivity index (χ1v) is 13.3. The van der Waals surface area contributed by atoms with Crippen molar-refractivity contribution in [3.63, 3.8) is 0 Å². The normalized spacial score (nSPS) is 20.4. The van der Waals surface area contributed by atoms with Gasteiger partial charge in [-0.3, -0.25) is 4.90 Å². The molecule has 0 spiro atoms. The second-order valence-corrected chi connectivity index (χ2v) is 9.75. The average Bonchev–Trinajstić information content (AvgIpc) is 3.59. The molecular weight excluding hydrogens is 460 g/mol. The van der Waals surface area contributed by atoms with Crippen LogP contribution in [-0.2, 0) is 11.2 Å². The standard InChI is InChI=1S/C27H30N4O3S/c1-4-18-7-9-19(10-8-18)24-23(17(2)31(27(32)28-24)16-21-6-5-15-33-21)26-29-25(30-34-26)20-11-13-22(35-3)14-12-20/h7-14,21,24H,4-6,15-16H2,1-3H3,(H,28,32).